The molecule has 0 aliphatic heterocycles. The summed E-state index contributed by atoms with van der Waals surface area (Å²) < 4.78 is 0. The molecule has 4 N–H and O–H groups in total. The number of amides is 1. The molecule has 1 amide bonds. The van der Waals surface area contributed by atoms with Crippen LogP contribution in [0.2, 0.25) is 0 Å². The van der Waals surface area contributed by atoms with Gasteiger partial charge in [-0.05, 0) is 6.54 Å². The summed E-state index contributed by atoms with van der Waals surface area (Å²) in [5.74, 6) is 0.282. The van der Waals surface area contributed by atoms with E-state index in [4.69, 9.17) is 10.8 Å². The molecular formula is C8H18N2O2S. The normalized spacial score (nSPS) is 15.3. The number of hydrogen-bond donors (Lipinski definition) is 3. The second-order valence-electron chi connectivity index (χ2n) is 2.84. The molecule has 13 heavy (non-hydrogen) atoms. The minimum absolute atomic E-state index is 0.127. The number of thioether (sulfide) groups is 1. The maximum atomic E-state index is 10.9. The molecule has 0 saturated carbocycles. The fourth-order valence-corrected chi connectivity index (χ4v) is 1.71. The molecule has 78 valence electrons. The molecule has 4 nitrogen and oxygen atoms in total. The van der Waals surface area contributed by atoms with Crippen LogP contribution in [0, 0.1) is 0 Å². The van der Waals surface area contributed by atoms with Gasteiger partial charge in [0.15, 0.2) is 0 Å². The standard InChI is InChI=1S/C8H18N2O2S/c1-3-10-7(8(9)12)5-13-6(2)4-11/h6-7,10-11H,3-5H2,1-2H3,(H2,9,12). The fourth-order valence-electron chi connectivity index (χ4n) is 0.801. The number of nitrogens with two attached hydrogens (primary N) is 1. The summed E-state index contributed by atoms with van der Waals surface area (Å²) in [5.41, 5.74) is 5.17. The summed E-state index contributed by atoms with van der Waals surface area (Å²) in [6.07, 6.45) is 0. The number of primary amides is 1. The molecule has 0 fully saturated rings. The van der Waals surface area contributed by atoms with Crippen molar-refractivity contribution in [3.8, 4) is 0 Å². The van der Waals surface area contributed by atoms with Crippen LogP contribution in [0.1, 0.15) is 13.8 Å². The maximum Gasteiger partial charge on any atom is 0.235 e. The SMILES string of the molecule is CCNC(CSC(C)CO)C(N)=O. The zero-order valence-electron chi connectivity index (χ0n) is 8.12. The van der Waals surface area contributed by atoms with E-state index in [0.717, 1.165) is 6.54 Å². The lowest BCUT2D eigenvalue weighted by molar-refractivity contribution is -0.119. The lowest BCUT2D eigenvalue weighted by Gasteiger charge is -2.15. The van der Waals surface area contributed by atoms with Gasteiger partial charge in [0.05, 0.1) is 12.6 Å². The van der Waals surface area contributed by atoms with E-state index in [2.05, 4.69) is 5.32 Å². The van der Waals surface area contributed by atoms with E-state index in [0.29, 0.717) is 5.75 Å². The van der Waals surface area contributed by atoms with Gasteiger partial charge in [0, 0.05) is 11.0 Å². The Morgan fingerprint density at radius 2 is 2.31 bits per heavy atom. The lowest BCUT2D eigenvalue weighted by Crippen LogP contribution is -2.43. The van der Waals surface area contributed by atoms with Crippen LogP contribution < -0.4 is 11.1 Å². The molecule has 0 radical (unpaired) electrons. The Balaban J connectivity index is 3.75. The van der Waals surface area contributed by atoms with Gasteiger partial charge in [-0.25, -0.2) is 0 Å². The number of likely N-dealkylation sites (N-methyl/N-ethyl adjacent to an activating group) is 1. The molecule has 0 aliphatic rings. The van der Waals surface area contributed by atoms with E-state index in [1.165, 1.54) is 11.8 Å². The van der Waals surface area contributed by atoms with Crippen LogP contribution in [-0.4, -0.2) is 41.2 Å². The van der Waals surface area contributed by atoms with Gasteiger partial charge >= 0.3 is 0 Å². The highest BCUT2D eigenvalue weighted by molar-refractivity contribution is 7.99. The van der Waals surface area contributed by atoms with Crippen molar-refractivity contribution in [2.45, 2.75) is 25.1 Å². The summed E-state index contributed by atoms with van der Waals surface area (Å²) >= 11 is 1.54. The summed E-state index contributed by atoms with van der Waals surface area (Å²) in [5, 5.41) is 11.9. The van der Waals surface area contributed by atoms with Crippen molar-refractivity contribution in [2.75, 3.05) is 18.9 Å². The van der Waals surface area contributed by atoms with Crippen LogP contribution in [0.15, 0.2) is 0 Å². The molecule has 0 heterocycles. The molecule has 2 atom stereocenters. The van der Waals surface area contributed by atoms with Crippen LogP contribution in [0.3, 0.4) is 0 Å². The van der Waals surface area contributed by atoms with Crippen molar-refractivity contribution < 1.29 is 9.90 Å². The van der Waals surface area contributed by atoms with Gasteiger partial charge in [0.1, 0.15) is 0 Å². The Morgan fingerprint density at radius 1 is 1.69 bits per heavy atom. The predicted octanol–water partition coefficient (Wildman–Crippen LogP) is -0.436. The number of carbonyl (C=O) groups excluding carboxylic acids is 1. The number of nitrogens with one attached hydrogen (secondary N) is 1. The van der Waals surface area contributed by atoms with Crippen molar-refractivity contribution in [1.82, 2.24) is 5.32 Å². The zero-order valence-corrected chi connectivity index (χ0v) is 8.93. The lowest BCUT2D eigenvalue weighted by atomic mass is 10.3. The minimum Gasteiger partial charge on any atom is -0.395 e. The van der Waals surface area contributed by atoms with Crippen molar-refractivity contribution in [3.05, 3.63) is 0 Å². The second kappa shape index (κ2) is 7.17. The number of hydrogen-bond acceptors (Lipinski definition) is 4. The second-order valence-corrected chi connectivity index (χ2v) is 4.31. The molecule has 0 aromatic heterocycles. The number of aliphatic hydroxyl groups excluding tert-OH is 1. The van der Waals surface area contributed by atoms with Gasteiger partial charge in [0.2, 0.25) is 5.91 Å². The van der Waals surface area contributed by atoms with Crippen molar-refractivity contribution in [2.24, 2.45) is 5.73 Å². The first-order valence-corrected chi connectivity index (χ1v) is 5.41. The Hall–Kier alpha value is -0.260. The highest BCUT2D eigenvalue weighted by Crippen LogP contribution is 2.10. The third kappa shape index (κ3) is 5.90. The van der Waals surface area contributed by atoms with Crippen molar-refractivity contribution >= 4 is 17.7 Å². The monoisotopic (exact) mass is 206 g/mol. The number of carbonyl (C=O) groups is 1. The van der Waals surface area contributed by atoms with Crippen LogP contribution in [0.5, 0.6) is 0 Å². The first-order chi connectivity index (χ1) is 6.11. The third-order valence-electron chi connectivity index (χ3n) is 1.60. The molecule has 0 aromatic carbocycles. The minimum atomic E-state index is -0.334. The van der Waals surface area contributed by atoms with Gasteiger partial charge < -0.3 is 16.2 Å². The van der Waals surface area contributed by atoms with E-state index in [1.54, 1.807) is 0 Å². The van der Waals surface area contributed by atoms with Crippen LogP contribution >= 0.6 is 11.8 Å². The zero-order chi connectivity index (χ0) is 10.3. The van der Waals surface area contributed by atoms with Gasteiger partial charge in [-0.1, -0.05) is 13.8 Å². The highest BCUT2D eigenvalue weighted by Gasteiger charge is 2.14. The molecule has 0 aromatic rings. The molecule has 5 heteroatoms. The molecule has 0 aliphatic carbocycles. The van der Waals surface area contributed by atoms with Crippen LogP contribution in [-0.2, 0) is 4.79 Å². The van der Waals surface area contributed by atoms with Crippen LogP contribution in [0.25, 0.3) is 0 Å². The number of aliphatic hydroxyl groups is 1. The molecular weight excluding hydrogens is 188 g/mol. The largest absolute Gasteiger partial charge is 0.395 e. The predicted molar refractivity (Wildman–Crippen MR) is 55.7 cm³/mol. The quantitative estimate of drug-likeness (QED) is 0.528. The third-order valence-corrected chi connectivity index (χ3v) is 2.84. The highest BCUT2D eigenvalue weighted by atomic mass is 32.2. The Bertz CT molecular complexity index is 155. The molecule has 2 unspecified atom stereocenters. The van der Waals surface area contributed by atoms with Gasteiger partial charge in [-0.3, -0.25) is 4.79 Å². The summed E-state index contributed by atoms with van der Waals surface area (Å²) in [4.78, 5) is 10.9. The Morgan fingerprint density at radius 3 is 2.69 bits per heavy atom. The van der Waals surface area contributed by atoms with E-state index >= 15 is 0 Å². The summed E-state index contributed by atoms with van der Waals surface area (Å²) in [7, 11) is 0. The summed E-state index contributed by atoms with van der Waals surface area (Å²) in [6.45, 7) is 4.69. The van der Waals surface area contributed by atoms with Crippen molar-refractivity contribution in [3.63, 3.8) is 0 Å². The maximum absolute atomic E-state index is 10.9. The average Bonchev–Trinajstić information content (AvgIpc) is 2.11. The first kappa shape index (κ1) is 12.7. The first-order valence-electron chi connectivity index (χ1n) is 4.37. The summed E-state index contributed by atoms with van der Waals surface area (Å²) in [6, 6.07) is -0.288. The Labute approximate surface area is 83.3 Å². The van der Waals surface area contributed by atoms with Gasteiger partial charge in [-0.2, -0.15) is 11.8 Å². The molecule has 0 bridgehead atoms. The average molecular weight is 206 g/mol. The smallest absolute Gasteiger partial charge is 0.235 e. The van der Waals surface area contributed by atoms with E-state index in [1.807, 2.05) is 13.8 Å². The Kier molecular flexibility index (Phi) is 7.03. The van der Waals surface area contributed by atoms with E-state index in [-0.39, 0.29) is 23.8 Å². The van der Waals surface area contributed by atoms with Crippen LogP contribution in [0.4, 0.5) is 0 Å². The molecule has 0 spiro atoms. The molecule has 0 rings (SSSR count). The van der Waals surface area contributed by atoms with E-state index in [9.17, 15) is 4.79 Å². The topological polar surface area (TPSA) is 75.3 Å². The van der Waals surface area contributed by atoms with E-state index < -0.39 is 0 Å². The number of rotatable bonds is 7. The van der Waals surface area contributed by atoms with Gasteiger partial charge in [-0.15, -0.1) is 0 Å². The van der Waals surface area contributed by atoms with Crippen molar-refractivity contribution in [1.29, 1.82) is 0 Å². The fraction of sp³-hybridized carbons (Fsp3) is 0.875. The van der Waals surface area contributed by atoms with Gasteiger partial charge in [0.25, 0.3) is 0 Å². The molecule has 0 saturated heterocycles.